The van der Waals surface area contributed by atoms with Crippen molar-refractivity contribution in [2.24, 2.45) is 0 Å². The van der Waals surface area contributed by atoms with E-state index in [-0.39, 0.29) is 8.85 Å². The molecule has 0 aliphatic heterocycles. The van der Waals surface area contributed by atoms with Gasteiger partial charge in [0.15, 0.2) is 11.6 Å². The van der Waals surface area contributed by atoms with Gasteiger partial charge in [0.2, 0.25) is 0 Å². The van der Waals surface area contributed by atoms with Crippen LogP contribution in [-0.2, 0) is 0 Å². The van der Waals surface area contributed by atoms with Crippen molar-refractivity contribution in [1.29, 1.82) is 0 Å². The minimum atomic E-state index is -2.34. The van der Waals surface area contributed by atoms with Gasteiger partial charge in [-0.1, -0.05) is 20.4 Å². The lowest BCUT2D eigenvalue weighted by atomic mass is 10.3. The summed E-state index contributed by atoms with van der Waals surface area (Å²) in [5, 5.41) is 0. The molecule has 0 aliphatic carbocycles. The predicted molar refractivity (Wildman–Crippen MR) is 60.5 cm³/mol. The van der Waals surface area contributed by atoms with Crippen molar-refractivity contribution in [3.63, 3.8) is 0 Å². The van der Waals surface area contributed by atoms with Crippen LogP contribution < -0.4 is 8.85 Å². The number of benzene rings is 1. The zero-order chi connectivity index (χ0) is 12.6. The van der Waals surface area contributed by atoms with Crippen LogP contribution in [0.25, 0.3) is 0 Å². The van der Waals surface area contributed by atoms with Crippen LogP contribution >= 0.6 is 20.1 Å². The molecular weight excluding hydrogens is 297 g/mol. The first-order valence-corrected chi connectivity index (χ1v) is 11.4. The van der Waals surface area contributed by atoms with Gasteiger partial charge in [0, 0.05) is 0 Å². The Hall–Kier alpha value is 0.585. The molecule has 0 saturated heterocycles. The fourth-order valence-electron chi connectivity index (χ4n) is 1.44. The lowest BCUT2D eigenvalue weighted by Gasteiger charge is -2.13. The van der Waals surface area contributed by atoms with Gasteiger partial charge < -0.3 is 0 Å². The first-order valence-electron chi connectivity index (χ1n) is 4.42. The van der Waals surface area contributed by atoms with Gasteiger partial charge in [-0.25, -0.2) is 17.6 Å². The van der Waals surface area contributed by atoms with Crippen LogP contribution in [0.15, 0.2) is 0 Å². The van der Waals surface area contributed by atoms with E-state index in [1.54, 1.807) is 0 Å². The molecule has 0 aliphatic rings. The van der Waals surface area contributed by atoms with Crippen LogP contribution in [0.5, 0.6) is 0 Å². The van der Waals surface area contributed by atoms with E-state index in [9.17, 15) is 17.6 Å². The summed E-state index contributed by atoms with van der Waals surface area (Å²) in [6.45, 7) is 0. The average molecular weight is 303 g/mol. The number of halogens is 6. The van der Waals surface area contributed by atoms with Crippen LogP contribution in [0.1, 0.15) is 0 Å². The monoisotopic (exact) mass is 302 g/mol. The van der Waals surface area contributed by atoms with Gasteiger partial charge in [-0.2, -0.15) is 0 Å². The van der Waals surface area contributed by atoms with Crippen molar-refractivity contribution in [1.82, 2.24) is 0 Å². The summed E-state index contributed by atoms with van der Waals surface area (Å²) >= 11 is -4.68. The summed E-state index contributed by atoms with van der Waals surface area (Å²) in [6.07, 6.45) is 0. The van der Waals surface area contributed by atoms with E-state index in [1.165, 1.54) is 11.6 Å². The molecule has 86 valence electrons. The topological polar surface area (TPSA) is 0 Å². The molecule has 0 nitrogen and oxygen atoms in total. The molecule has 16 heavy (non-hydrogen) atoms. The molecule has 1 aromatic rings. The Balaban J connectivity index is 3.69. The highest BCUT2D eigenvalue weighted by atomic mass is 35.6. The first kappa shape index (κ1) is 14.6. The van der Waals surface area contributed by atoms with Gasteiger partial charge in [-0.05, 0) is 0 Å². The normalized spacial score (nSPS) is 10.5. The summed E-state index contributed by atoms with van der Waals surface area (Å²) in [6, 6.07) is 0. The third kappa shape index (κ3) is 2.54. The largest absolute Gasteiger partial charge is 0.436 e. The maximum atomic E-state index is 13.4. The van der Waals surface area contributed by atoms with Crippen LogP contribution in [0.4, 0.5) is 17.6 Å². The quantitative estimate of drug-likeness (QED) is 0.341. The smallest absolute Gasteiger partial charge is 0.254 e. The van der Waals surface area contributed by atoms with Gasteiger partial charge in [0.25, 0.3) is 0 Å². The second-order valence-corrected chi connectivity index (χ2v) is 10.9. The molecule has 0 fully saturated rings. The van der Waals surface area contributed by atoms with Crippen molar-refractivity contribution in [2.45, 2.75) is 11.6 Å². The molecule has 1 rings (SSSR count). The second kappa shape index (κ2) is 5.48. The molecule has 0 spiro atoms. The summed E-state index contributed by atoms with van der Waals surface area (Å²) < 4.78 is 52.4. The van der Waals surface area contributed by atoms with Gasteiger partial charge in [0.05, 0.1) is 0 Å². The second-order valence-electron chi connectivity index (χ2n) is 3.32. The Kier molecular flexibility index (Phi) is 5.02. The molecule has 0 radical (unpaired) electrons. The average Bonchev–Trinajstić information content (AvgIpc) is 2.18. The highest BCUT2D eigenvalue weighted by molar-refractivity contribution is 7.19. The maximum Gasteiger partial charge on any atom is 0.436 e. The van der Waals surface area contributed by atoms with E-state index in [0.29, 0.717) is 0 Å². The molecule has 0 heterocycles. The molecule has 0 saturated carbocycles. The zero-order valence-corrected chi connectivity index (χ0v) is 12.2. The van der Waals surface area contributed by atoms with Gasteiger partial charge in [0.1, 0.15) is 11.6 Å². The van der Waals surface area contributed by atoms with E-state index >= 15 is 0 Å². The third-order valence-electron chi connectivity index (χ3n) is 2.14. The summed E-state index contributed by atoms with van der Waals surface area (Å²) in [5.74, 6) is -3.47. The molecule has 0 aromatic heterocycles. The van der Waals surface area contributed by atoms with E-state index in [2.05, 4.69) is 0 Å². The fraction of sp³-hybridized carbons (Fsp3) is 0.250. The van der Waals surface area contributed by atoms with Crippen molar-refractivity contribution >= 4 is 55.4 Å². The van der Waals surface area contributed by atoms with Crippen LogP contribution in [0, 0.1) is 23.3 Å². The van der Waals surface area contributed by atoms with Crippen molar-refractivity contribution in [3.8, 4) is 0 Å². The van der Waals surface area contributed by atoms with Crippen LogP contribution in [-0.4, -0.2) is 26.5 Å². The number of hydrogen-bond acceptors (Lipinski definition) is 0. The van der Waals surface area contributed by atoms with Crippen molar-refractivity contribution < 1.29 is 17.6 Å². The van der Waals surface area contributed by atoms with Crippen LogP contribution in [0.2, 0.25) is 11.6 Å². The van der Waals surface area contributed by atoms with Gasteiger partial charge >= 0.3 is 26.5 Å². The Bertz CT molecular complexity index is 384. The summed E-state index contributed by atoms with van der Waals surface area (Å²) in [7, 11) is 11.5. The SMILES string of the molecule is [CH3][Al]([Cl])[c]1c(F)c(F)c(F)c(F)[c]1[Al]([CH3])[Cl]. The van der Waals surface area contributed by atoms with Crippen molar-refractivity contribution in [2.75, 3.05) is 0 Å². The summed E-state index contributed by atoms with van der Waals surface area (Å²) in [4.78, 5) is 0. The third-order valence-corrected chi connectivity index (χ3v) is 6.50. The molecule has 0 unspecified atom stereocenters. The highest BCUT2D eigenvalue weighted by Crippen LogP contribution is 2.14. The highest BCUT2D eigenvalue weighted by Gasteiger charge is 2.33. The van der Waals surface area contributed by atoms with Gasteiger partial charge in [-0.15, -0.1) is 0 Å². The predicted octanol–water partition coefficient (Wildman–Crippen LogP) is 2.38. The Morgan fingerprint density at radius 1 is 0.688 bits per heavy atom. The minimum Gasteiger partial charge on any atom is -0.254 e. The first-order chi connectivity index (χ1) is 7.29. The lowest BCUT2D eigenvalue weighted by Crippen LogP contribution is -2.48. The molecule has 0 bridgehead atoms. The Labute approximate surface area is 107 Å². The number of hydrogen-bond donors (Lipinski definition) is 0. The molecule has 0 atom stereocenters. The van der Waals surface area contributed by atoms with Crippen LogP contribution in [0.3, 0.4) is 0 Å². The molecule has 8 heteroatoms. The Morgan fingerprint density at radius 3 is 1.12 bits per heavy atom. The van der Waals surface area contributed by atoms with E-state index < -0.39 is 49.7 Å². The molecular formula is C8H6Al2Cl2F4. The molecule has 0 N–H and O–H groups in total. The van der Waals surface area contributed by atoms with E-state index in [4.69, 9.17) is 20.1 Å². The Morgan fingerprint density at radius 2 is 0.938 bits per heavy atom. The van der Waals surface area contributed by atoms with Gasteiger partial charge in [-0.3, -0.25) is 20.1 Å². The maximum absolute atomic E-state index is 13.4. The molecule has 1 aromatic carbocycles. The number of rotatable bonds is 2. The van der Waals surface area contributed by atoms with E-state index in [0.717, 1.165) is 0 Å². The van der Waals surface area contributed by atoms with E-state index in [1.807, 2.05) is 0 Å². The zero-order valence-electron chi connectivity index (χ0n) is 8.42. The lowest BCUT2D eigenvalue weighted by molar-refractivity contribution is 0.415. The standard InChI is InChI=1S/C6F4.2CH3.2Al.2ClH/c7-3-1-2-4(8)6(10)5(3)9;;;;;;/h;2*1H3;;;2*1H/q;;;2*+1;;/p-2. The molecule has 0 amide bonds. The summed E-state index contributed by atoms with van der Waals surface area (Å²) in [5.41, 5.74) is 0. The van der Waals surface area contributed by atoms with Crippen molar-refractivity contribution in [3.05, 3.63) is 23.3 Å². The minimum absolute atomic E-state index is 0.243. The fourth-order valence-corrected chi connectivity index (χ4v) is 6.92.